The molecule has 0 aliphatic rings. The average Bonchev–Trinajstić information content (AvgIpc) is 2.94. The Balaban J connectivity index is 1.90. The Morgan fingerprint density at radius 1 is 0.905 bits per heavy atom. The van der Waals surface area contributed by atoms with Gasteiger partial charge in [0.2, 0.25) is 21.8 Å². The van der Waals surface area contributed by atoms with Crippen LogP contribution in [0, 0.1) is 12.8 Å². The lowest BCUT2D eigenvalue weighted by molar-refractivity contribution is -0.141. The number of carbonyl (C=O) groups excluding carboxylic acids is 2. The van der Waals surface area contributed by atoms with Crippen LogP contribution < -0.4 is 9.62 Å². The number of benzene rings is 3. The van der Waals surface area contributed by atoms with Crippen LogP contribution in [0.25, 0.3) is 0 Å². The molecule has 0 radical (unpaired) electrons. The van der Waals surface area contributed by atoms with E-state index in [1.54, 1.807) is 35.2 Å². The van der Waals surface area contributed by atoms with Crippen LogP contribution in [0.3, 0.4) is 0 Å². The van der Waals surface area contributed by atoms with E-state index in [0.29, 0.717) is 28.7 Å². The van der Waals surface area contributed by atoms with Gasteiger partial charge in [0.15, 0.2) is 0 Å². The zero-order valence-corrected chi connectivity index (χ0v) is 26.8. The molecule has 3 aromatic rings. The summed E-state index contributed by atoms with van der Waals surface area (Å²) in [6.07, 6.45) is 1.78. The smallest absolute Gasteiger partial charge is 0.243 e. The molecule has 226 valence electrons. The minimum atomic E-state index is -3.58. The number of aryl methyl sites for hydroxylation is 1. The van der Waals surface area contributed by atoms with Crippen molar-refractivity contribution in [3.63, 3.8) is 0 Å². The molecule has 42 heavy (non-hydrogen) atoms. The van der Waals surface area contributed by atoms with Crippen molar-refractivity contribution >= 4 is 50.7 Å². The highest BCUT2D eigenvalue weighted by Gasteiger charge is 2.30. The zero-order valence-electron chi connectivity index (χ0n) is 24.5. The molecule has 1 atom stereocenters. The molecule has 3 rings (SSSR count). The van der Waals surface area contributed by atoms with Crippen LogP contribution in [-0.2, 0) is 32.6 Å². The van der Waals surface area contributed by atoms with E-state index in [1.165, 1.54) is 4.31 Å². The maximum Gasteiger partial charge on any atom is 0.243 e. The Bertz CT molecular complexity index is 1450. The molecule has 0 saturated heterocycles. The summed E-state index contributed by atoms with van der Waals surface area (Å²) in [5, 5.41) is 3.75. The van der Waals surface area contributed by atoms with Crippen LogP contribution in [0.15, 0.2) is 72.8 Å². The maximum absolute atomic E-state index is 13.9. The minimum Gasteiger partial charge on any atom is -0.354 e. The van der Waals surface area contributed by atoms with Gasteiger partial charge in [-0.05, 0) is 54.7 Å². The standard InChI is InChI=1S/C32H39Cl2N3O4S/c1-23(2)21-35-32(39)30(20-25-9-6-5-7-10-25)36(22-26-14-17-28(33)29(34)19-26)31(38)11-8-18-37(42(4,40)41)27-15-12-24(3)13-16-27/h5-7,9-10,12-17,19,23,30H,8,11,18,20-22H2,1-4H3,(H,35,39)/t30-/m0/s1. The lowest BCUT2D eigenvalue weighted by Gasteiger charge is -2.32. The van der Waals surface area contributed by atoms with Gasteiger partial charge >= 0.3 is 0 Å². The van der Waals surface area contributed by atoms with E-state index in [2.05, 4.69) is 5.32 Å². The van der Waals surface area contributed by atoms with Gasteiger partial charge in [0.05, 0.1) is 22.0 Å². The number of hydrogen-bond acceptors (Lipinski definition) is 4. The van der Waals surface area contributed by atoms with Crippen molar-refractivity contribution in [3.05, 3.63) is 99.5 Å². The van der Waals surface area contributed by atoms with Gasteiger partial charge in [0.25, 0.3) is 0 Å². The molecule has 0 aliphatic heterocycles. The molecule has 7 nitrogen and oxygen atoms in total. The topological polar surface area (TPSA) is 86.8 Å². The third kappa shape index (κ3) is 10.0. The van der Waals surface area contributed by atoms with Crippen molar-refractivity contribution < 1.29 is 18.0 Å². The van der Waals surface area contributed by atoms with Crippen molar-refractivity contribution in [2.45, 2.75) is 52.6 Å². The van der Waals surface area contributed by atoms with Gasteiger partial charge in [-0.15, -0.1) is 0 Å². The molecular formula is C32H39Cl2N3O4S. The Morgan fingerprint density at radius 3 is 2.17 bits per heavy atom. The number of rotatable bonds is 14. The summed E-state index contributed by atoms with van der Waals surface area (Å²) >= 11 is 12.4. The number of hydrogen-bond donors (Lipinski definition) is 1. The van der Waals surface area contributed by atoms with E-state index in [4.69, 9.17) is 23.2 Å². The summed E-state index contributed by atoms with van der Waals surface area (Å²) in [7, 11) is -3.58. The van der Waals surface area contributed by atoms with E-state index in [-0.39, 0.29) is 43.7 Å². The summed E-state index contributed by atoms with van der Waals surface area (Å²) < 4.78 is 26.5. The molecule has 0 spiro atoms. The molecule has 1 N–H and O–H groups in total. The van der Waals surface area contributed by atoms with E-state index in [9.17, 15) is 18.0 Å². The van der Waals surface area contributed by atoms with Gasteiger partial charge in [-0.3, -0.25) is 13.9 Å². The average molecular weight is 633 g/mol. The van der Waals surface area contributed by atoms with E-state index < -0.39 is 16.1 Å². The van der Waals surface area contributed by atoms with Crippen LogP contribution in [0.1, 0.15) is 43.4 Å². The Labute approximate surface area is 259 Å². The first kappa shape index (κ1) is 33.4. The van der Waals surface area contributed by atoms with Gasteiger partial charge in [0, 0.05) is 32.5 Å². The molecule has 0 saturated carbocycles. The molecular weight excluding hydrogens is 593 g/mol. The van der Waals surface area contributed by atoms with Crippen LogP contribution >= 0.6 is 23.2 Å². The normalized spacial score (nSPS) is 12.2. The Hall–Kier alpha value is -3.07. The van der Waals surface area contributed by atoms with Crippen molar-refractivity contribution in [2.75, 3.05) is 23.7 Å². The largest absolute Gasteiger partial charge is 0.354 e. The Morgan fingerprint density at radius 2 is 1.57 bits per heavy atom. The summed E-state index contributed by atoms with van der Waals surface area (Å²) in [6, 6.07) is 21.1. The number of carbonyl (C=O) groups is 2. The first-order valence-corrected chi connectivity index (χ1v) is 16.5. The quantitative estimate of drug-likeness (QED) is 0.227. The van der Waals surface area contributed by atoms with Gasteiger partial charge in [-0.1, -0.05) is 91.1 Å². The molecule has 2 amide bonds. The highest BCUT2D eigenvalue weighted by atomic mass is 35.5. The van der Waals surface area contributed by atoms with Crippen LogP contribution in [0.2, 0.25) is 10.0 Å². The number of halogens is 2. The number of sulfonamides is 1. The second-order valence-corrected chi connectivity index (χ2v) is 13.6. The summed E-state index contributed by atoms with van der Waals surface area (Å²) in [6.45, 7) is 6.67. The second-order valence-electron chi connectivity index (χ2n) is 10.9. The molecule has 0 aromatic heterocycles. The van der Waals surface area contributed by atoms with E-state index in [0.717, 1.165) is 22.9 Å². The number of nitrogens with zero attached hydrogens (tertiary/aromatic N) is 2. The van der Waals surface area contributed by atoms with Crippen molar-refractivity contribution in [1.29, 1.82) is 0 Å². The second kappa shape index (κ2) is 15.4. The fraction of sp³-hybridized carbons (Fsp3) is 0.375. The maximum atomic E-state index is 13.9. The fourth-order valence-corrected chi connectivity index (χ4v) is 5.81. The summed E-state index contributed by atoms with van der Waals surface area (Å²) in [5.74, 6) is -0.285. The van der Waals surface area contributed by atoms with E-state index >= 15 is 0 Å². The van der Waals surface area contributed by atoms with E-state index in [1.807, 2.05) is 63.2 Å². The van der Waals surface area contributed by atoms with Crippen LogP contribution in [0.5, 0.6) is 0 Å². The number of nitrogens with one attached hydrogen (secondary N) is 1. The third-order valence-corrected chi connectivity index (χ3v) is 8.70. The van der Waals surface area contributed by atoms with Gasteiger partial charge in [-0.2, -0.15) is 0 Å². The molecule has 0 heterocycles. The van der Waals surface area contributed by atoms with Gasteiger partial charge < -0.3 is 10.2 Å². The number of anilines is 1. The predicted molar refractivity (Wildman–Crippen MR) is 171 cm³/mol. The lowest BCUT2D eigenvalue weighted by Crippen LogP contribution is -2.51. The summed E-state index contributed by atoms with van der Waals surface area (Å²) in [4.78, 5) is 29.1. The first-order valence-electron chi connectivity index (χ1n) is 13.9. The molecule has 3 aromatic carbocycles. The Kier molecular flexibility index (Phi) is 12.3. The predicted octanol–water partition coefficient (Wildman–Crippen LogP) is 6.26. The van der Waals surface area contributed by atoms with Gasteiger partial charge in [-0.25, -0.2) is 8.42 Å². The van der Waals surface area contributed by atoms with Crippen molar-refractivity contribution in [2.24, 2.45) is 5.92 Å². The minimum absolute atomic E-state index is 0.0436. The monoisotopic (exact) mass is 631 g/mol. The first-order chi connectivity index (χ1) is 19.8. The van der Waals surface area contributed by atoms with Crippen LogP contribution in [0.4, 0.5) is 5.69 Å². The summed E-state index contributed by atoms with van der Waals surface area (Å²) in [5.41, 5.74) is 3.19. The molecule has 0 fully saturated rings. The highest BCUT2D eigenvalue weighted by molar-refractivity contribution is 7.92. The van der Waals surface area contributed by atoms with Gasteiger partial charge in [0.1, 0.15) is 6.04 Å². The van der Waals surface area contributed by atoms with Crippen molar-refractivity contribution in [3.8, 4) is 0 Å². The van der Waals surface area contributed by atoms with Crippen molar-refractivity contribution in [1.82, 2.24) is 10.2 Å². The third-order valence-electron chi connectivity index (χ3n) is 6.77. The van der Waals surface area contributed by atoms with Crippen LogP contribution in [-0.4, -0.2) is 50.5 Å². The fourth-order valence-electron chi connectivity index (χ4n) is 4.53. The zero-order chi connectivity index (χ0) is 30.9. The molecule has 10 heteroatoms. The lowest BCUT2D eigenvalue weighted by atomic mass is 10.0. The molecule has 0 unspecified atom stereocenters. The highest BCUT2D eigenvalue weighted by Crippen LogP contribution is 2.25. The SMILES string of the molecule is Cc1ccc(N(CCCC(=O)N(Cc2ccc(Cl)c(Cl)c2)[C@@H](Cc2ccccc2)C(=O)NCC(C)C)S(C)(=O)=O)cc1. The molecule has 0 aliphatic carbocycles. The molecule has 0 bridgehead atoms. The number of amides is 2.